The highest BCUT2D eigenvalue weighted by atomic mass is 16.6. The molecule has 1 heterocycles. The SMILES string of the molecule is Cc1nn(CCNC(=O)CC23CC4CC(CC(C4)C2)C3)c(C)c1[N+](=O)[O-]. The van der Waals surface area contributed by atoms with Crippen molar-refractivity contribution in [1.29, 1.82) is 0 Å². The molecule has 7 heteroatoms. The van der Waals surface area contributed by atoms with E-state index in [1.54, 1.807) is 18.5 Å². The van der Waals surface area contributed by atoms with Crippen LogP contribution < -0.4 is 5.32 Å². The van der Waals surface area contributed by atoms with E-state index in [1.165, 1.54) is 38.5 Å². The van der Waals surface area contributed by atoms with Gasteiger partial charge in [0, 0.05) is 13.0 Å². The van der Waals surface area contributed by atoms with Crippen LogP contribution in [-0.2, 0) is 11.3 Å². The third-order valence-corrected chi connectivity index (χ3v) is 6.87. The molecule has 1 aromatic rings. The van der Waals surface area contributed by atoms with Crippen LogP contribution in [0, 0.1) is 47.1 Å². The minimum absolute atomic E-state index is 0.0740. The highest BCUT2D eigenvalue weighted by Crippen LogP contribution is 2.61. The molecule has 4 aliphatic carbocycles. The van der Waals surface area contributed by atoms with Crippen LogP contribution in [0.4, 0.5) is 5.69 Å². The van der Waals surface area contributed by atoms with E-state index in [2.05, 4.69) is 10.4 Å². The van der Waals surface area contributed by atoms with E-state index in [1.807, 2.05) is 0 Å². The van der Waals surface area contributed by atoms with E-state index in [0.717, 1.165) is 17.8 Å². The minimum Gasteiger partial charge on any atom is -0.354 e. The molecule has 0 unspecified atom stereocenters. The number of rotatable bonds is 6. The number of hydrogen-bond acceptors (Lipinski definition) is 4. The molecule has 7 nitrogen and oxygen atoms in total. The summed E-state index contributed by atoms with van der Waals surface area (Å²) in [4.78, 5) is 23.2. The molecule has 0 aliphatic heterocycles. The van der Waals surface area contributed by atoms with Crippen molar-refractivity contribution in [3.8, 4) is 0 Å². The van der Waals surface area contributed by atoms with Crippen molar-refractivity contribution in [1.82, 2.24) is 15.1 Å². The maximum absolute atomic E-state index is 12.5. The lowest BCUT2D eigenvalue weighted by molar-refractivity contribution is -0.386. The summed E-state index contributed by atoms with van der Waals surface area (Å²) in [5.74, 6) is 2.68. The smallest absolute Gasteiger partial charge is 0.312 e. The van der Waals surface area contributed by atoms with Crippen molar-refractivity contribution < 1.29 is 9.72 Å². The van der Waals surface area contributed by atoms with Gasteiger partial charge in [0.25, 0.3) is 0 Å². The second kappa shape index (κ2) is 6.35. The van der Waals surface area contributed by atoms with Crippen molar-refractivity contribution in [3.05, 3.63) is 21.5 Å². The predicted molar refractivity (Wildman–Crippen MR) is 96.6 cm³/mol. The van der Waals surface area contributed by atoms with Gasteiger partial charge >= 0.3 is 5.69 Å². The lowest BCUT2D eigenvalue weighted by atomic mass is 9.49. The zero-order valence-corrected chi connectivity index (χ0v) is 15.7. The Hall–Kier alpha value is -1.92. The maximum atomic E-state index is 12.5. The third kappa shape index (κ3) is 3.12. The maximum Gasteiger partial charge on any atom is 0.312 e. The van der Waals surface area contributed by atoms with Crippen molar-refractivity contribution in [2.45, 2.75) is 65.3 Å². The average Bonchev–Trinajstić information content (AvgIpc) is 2.79. The van der Waals surface area contributed by atoms with Crippen LogP contribution in [0.1, 0.15) is 56.3 Å². The van der Waals surface area contributed by atoms with Gasteiger partial charge < -0.3 is 5.32 Å². The second-order valence-corrected chi connectivity index (χ2v) is 8.94. The Kier molecular flexibility index (Phi) is 4.28. The number of carbonyl (C=O) groups is 1. The van der Waals surface area contributed by atoms with Crippen LogP contribution in [0.5, 0.6) is 0 Å². The molecule has 1 N–H and O–H groups in total. The van der Waals surface area contributed by atoms with Crippen LogP contribution in [0.2, 0.25) is 0 Å². The summed E-state index contributed by atoms with van der Waals surface area (Å²) >= 11 is 0. The van der Waals surface area contributed by atoms with Crippen LogP contribution in [-0.4, -0.2) is 27.2 Å². The summed E-state index contributed by atoms with van der Waals surface area (Å²) < 4.78 is 1.62. The molecule has 0 atom stereocenters. The molecule has 1 aromatic heterocycles. The number of carbonyl (C=O) groups excluding carboxylic acids is 1. The number of amides is 1. The Morgan fingerprint density at radius 3 is 2.31 bits per heavy atom. The van der Waals surface area contributed by atoms with Crippen LogP contribution in [0.25, 0.3) is 0 Å². The van der Waals surface area contributed by atoms with Gasteiger partial charge in [0.15, 0.2) is 0 Å². The molecule has 4 saturated carbocycles. The first-order valence-corrected chi connectivity index (χ1v) is 9.80. The molecule has 26 heavy (non-hydrogen) atoms. The van der Waals surface area contributed by atoms with Gasteiger partial charge in [-0.1, -0.05) is 0 Å². The van der Waals surface area contributed by atoms with Crippen molar-refractivity contribution in [3.63, 3.8) is 0 Å². The van der Waals surface area contributed by atoms with Gasteiger partial charge in [0.1, 0.15) is 11.4 Å². The highest BCUT2D eigenvalue weighted by molar-refractivity contribution is 5.76. The summed E-state index contributed by atoms with van der Waals surface area (Å²) in [6, 6.07) is 0. The molecule has 4 aliphatic rings. The molecule has 142 valence electrons. The summed E-state index contributed by atoms with van der Waals surface area (Å²) in [5, 5.41) is 18.3. The van der Waals surface area contributed by atoms with E-state index in [4.69, 9.17) is 0 Å². The number of aromatic nitrogens is 2. The van der Waals surface area contributed by atoms with Crippen LogP contribution in [0.15, 0.2) is 0 Å². The minimum atomic E-state index is -0.389. The van der Waals surface area contributed by atoms with Crippen molar-refractivity contribution >= 4 is 11.6 Å². The largest absolute Gasteiger partial charge is 0.354 e. The fourth-order valence-corrected chi connectivity index (χ4v) is 6.38. The summed E-state index contributed by atoms with van der Waals surface area (Å²) in [6.45, 7) is 4.28. The lowest BCUT2D eigenvalue weighted by Crippen LogP contribution is -2.48. The van der Waals surface area contributed by atoms with E-state index >= 15 is 0 Å². The van der Waals surface area contributed by atoms with Gasteiger partial charge in [0.2, 0.25) is 5.91 Å². The Morgan fingerprint density at radius 2 is 1.81 bits per heavy atom. The molecule has 0 radical (unpaired) electrons. The topological polar surface area (TPSA) is 90.1 Å². The molecule has 4 bridgehead atoms. The number of nitro groups is 1. The molecule has 5 rings (SSSR count). The van der Waals surface area contributed by atoms with Gasteiger partial charge in [-0.2, -0.15) is 5.10 Å². The molecule has 0 spiro atoms. The first kappa shape index (κ1) is 17.5. The van der Waals surface area contributed by atoms with Crippen LogP contribution >= 0.6 is 0 Å². The standard InChI is InChI=1S/C19H28N4O3/c1-12-18(23(25)26)13(2)22(21-12)4-3-20-17(24)11-19-8-14-5-15(9-19)7-16(6-14)10-19/h14-16H,3-11H2,1-2H3,(H,20,24). The van der Waals surface area contributed by atoms with Crippen molar-refractivity contribution in [2.24, 2.45) is 23.2 Å². The van der Waals surface area contributed by atoms with Crippen LogP contribution in [0.3, 0.4) is 0 Å². The first-order chi connectivity index (χ1) is 12.3. The second-order valence-electron chi connectivity index (χ2n) is 8.94. The zero-order chi connectivity index (χ0) is 18.5. The molecular formula is C19H28N4O3. The molecule has 0 aromatic carbocycles. The fourth-order valence-electron chi connectivity index (χ4n) is 6.38. The van der Waals surface area contributed by atoms with Gasteiger partial charge in [0.05, 0.1) is 11.5 Å². The Labute approximate surface area is 153 Å². The zero-order valence-electron chi connectivity index (χ0n) is 15.7. The number of aryl methyl sites for hydroxylation is 1. The molecular weight excluding hydrogens is 332 g/mol. The number of hydrogen-bond donors (Lipinski definition) is 1. The predicted octanol–water partition coefficient (Wildman–Crippen LogP) is 3.13. The molecule has 0 saturated heterocycles. The first-order valence-electron chi connectivity index (χ1n) is 9.80. The Balaban J connectivity index is 1.31. The summed E-state index contributed by atoms with van der Waals surface area (Å²) in [6.07, 6.45) is 8.50. The van der Waals surface area contributed by atoms with Gasteiger partial charge in [-0.15, -0.1) is 0 Å². The molecule has 4 fully saturated rings. The Bertz CT molecular complexity index is 704. The van der Waals surface area contributed by atoms with Crippen molar-refractivity contribution in [2.75, 3.05) is 6.54 Å². The molecule has 1 amide bonds. The number of nitrogens with one attached hydrogen (secondary N) is 1. The number of nitrogens with zero attached hydrogens (tertiary/aromatic N) is 3. The van der Waals surface area contributed by atoms with E-state index < -0.39 is 0 Å². The van der Waals surface area contributed by atoms with E-state index in [-0.39, 0.29) is 21.9 Å². The quantitative estimate of drug-likeness (QED) is 0.623. The normalized spacial score (nSPS) is 32.0. The van der Waals surface area contributed by atoms with Gasteiger partial charge in [-0.25, -0.2) is 0 Å². The Morgan fingerprint density at radius 1 is 1.23 bits per heavy atom. The lowest BCUT2D eigenvalue weighted by Gasteiger charge is -2.56. The summed E-state index contributed by atoms with van der Waals surface area (Å²) in [7, 11) is 0. The summed E-state index contributed by atoms with van der Waals surface area (Å²) in [5.41, 5.74) is 1.29. The van der Waals surface area contributed by atoms with Gasteiger partial charge in [-0.3, -0.25) is 19.6 Å². The fraction of sp³-hybridized carbons (Fsp3) is 0.789. The third-order valence-electron chi connectivity index (χ3n) is 6.87. The van der Waals surface area contributed by atoms with Gasteiger partial charge in [-0.05, 0) is 75.5 Å². The highest BCUT2D eigenvalue weighted by Gasteiger charge is 2.51. The van der Waals surface area contributed by atoms with E-state index in [9.17, 15) is 14.9 Å². The monoisotopic (exact) mass is 360 g/mol. The van der Waals surface area contributed by atoms with E-state index in [0.29, 0.717) is 30.9 Å². The average molecular weight is 360 g/mol.